The minimum Gasteiger partial charge on any atom is -0.339 e. The largest absolute Gasteiger partial charge is 0.339 e. The lowest BCUT2D eigenvalue weighted by atomic mass is 10.1. The number of hydrogen-bond acceptors (Lipinski definition) is 5. The number of allylic oxidation sites excluding steroid dienone is 1. The number of thioether (sulfide) groups is 1. The molecule has 1 aliphatic heterocycles. The summed E-state index contributed by atoms with van der Waals surface area (Å²) >= 11 is 3.01. The summed E-state index contributed by atoms with van der Waals surface area (Å²) in [5, 5.41) is 0.673. The third-order valence-corrected chi connectivity index (χ3v) is 8.14. The normalized spacial score (nSPS) is 13.5. The lowest BCUT2D eigenvalue weighted by molar-refractivity contribution is 0.0793. The highest BCUT2D eigenvalue weighted by atomic mass is 32.2. The zero-order valence-electron chi connectivity index (χ0n) is 18.8. The van der Waals surface area contributed by atoms with Gasteiger partial charge in [-0.25, -0.2) is 4.98 Å². The highest BCUT2D eigenvalue weighted by Crippen LogP contribution is 2.32. The Hall–Kier alpha value is -3.16. The number of hydrogen-bond donors (Lipinski definition) is 0. The van der Waals surface area contributed by atoms with E-state index < -0.39 is 0 Å². The molecule has 0 unspecified atom stereocenters. The molecular formula is C27H25N3O2S2. The van der Waals surface area contributed by atoms with Crippen molar-refractivity contribution < 1.29 is 4.79 Å². The van der Waals surface area contributed by atoms with Crippen LogP contribution in [0.2, 0.25) is 0 Å². The minimum atomic E-state index is -0.0360. The van der Waals surface area contributed by atoms with E-state index >= 15 is 0 Å². The van der Waals surface area contributed by atoms with Crippen molar-refractivity contribution in [2.45, 2.75) is 30.3 Å². The summed E-state index contributed by atoms with van der Waals surface area (Å²) < 4.78 is 2.35. The van der Waals surface area contributed by atoms with Crippen LogP contribution in [-0.4, -0.2) is 33.4 Å². The van der Waals surface area contributed by atoms with Crippen LogP contribution in [0.25, 0.3) is 20.7 Å². The molecule has 7 heteroatoms. The molecule has 0 saturated carbocycles. The fourth-order valence-electron chi connectivity index (χ4n) is 4.13. The number of rotatable bonds is 7. The lowest BCUT2D eigenvalue weighted by Gasteiger charge is -2.15. The monoisotopic (exact) mass is 487 g/mol. The van der Waals surface area contributed by atoms with Crippen LogP contribution in [0.5, 0.6) is 0 Å². The Kier molecular flexibility index (Phi) is 6.65. The Balaban J connectivity index is 1.39. The zero-order valence-corrected chi connectivity index (χ0v) is 20.4. The van der Waals surface area contributed by atoms with E-state index in [1.807, 2.05) is 65.6 Å². The molecule has 0 spiro atoms. The number of thiophene rings is 1. The third kappa shape index (κ3) is 4.58. The number of aromatic nitrogens is 2. The van der Waals surface area contributed by atoms with Crippen molar-refractivity contribution in [3.05, 3.63) is 94.8 Å². The van der Waals surface area contributed by atoms with Gasteiger partial charge >= 0.3 is 0 Å². The average Bonchev–Trinajstić information content (AvgIpc) is 3.56. The van der Waals surface area contributed by atoms with Crippen LogP contribution in [0.15, 0.2) is 83.3 Å². The van der Waals surface area contributed by atoms with Crippen molar-refractivity contribution in [2.24, 2.45) is 0 Å². The molecule has 34 heavy (non-hydrogen) atoms. The second-order valence-electron chi connectivity index (χ2n) is 8.27. The van der Waals surface area contributed by atoms with Gasteiger partial charge in [0.1, 0.15) is 4.70 Å². The van der Waals surface area contributed by atoms with Crippen LogP contribution in [0, 0.1) is 0 Å². The molecule has 1 aliphatic rings. The summed E-state index contributed by atoms with van der Waals surface area (Å²) in [6.07, 6.45) is 3.89. The lowest BCUT2D eigenvalue weighted by Crippen LogP contribution is -2.27. The van der Waals surface area contributed by atoms with Gasteiger partial charge in [0, 0.05) is 35.8 Å². The SMILES string of the molecule is C=CCn1c(SCc2ccc(C(=O)N3CCCC3)cc2)nc2cc(-c3ccccc3)sc2c1=O. The van der Waals surface area contributed by atoms with Crippen LogP contribution in [0.4, 0.5) is 0 Å². The van der Waals surface area contributed by atoms with Crippen molar-refractivity contribution in [2.75, 3.05) is 13.1 Å². The maximum atomic E-state index is 13.3. The molecule has 1 fully saturated rings. The van der Waals surface area contributed by atoms with Crippen LogP contribution in [0.3, 0.4) is 0 Å². The zero-order chi connectivity index (χ0) is 23.5. The standard InChI is InChI=1S/C27H25N3O2S2/c1-2-14-30-26(32)24-22(17-23(34-24)20-8-4-3-5-9-20)28-27(30)33-18-19-10-12-21(13-11-19)25(31)29-15-6-7-16-29/h2-5,8-13,17H,1,6-7,14-16,18H2. The van der Waals surface area contributed by atoms with Gasteiger partial charge in [-0.2, -0.15) is 0 Å². The quantitative estimate of drug-likeness (QED) is 0.187. The van der Waals surface area contributed by atoms with E-state index in [1.165, 1.54) is 23.1 Å². The van der Waals surface area contributed by atoms with Gasteiger partial charge in [-0.05, 0) is 42.2 Å². The molecule has 5 nitrogen and oxygen atoms in total. The van der Waals surface area contributed by atoms with Gasteiger partial charge in [0.15, 0.2) is 5.16 Å². The fraction of sp³-hybridized carbons (Fsp3) is 0.222. The number of carbonyl (C=O) groups is 1. The molecule has 4 aromatic rings. The predicted molar refractivity (Wildman–Crippen MR) is 141 cm³/mol. The van der Waals surface area contributed by atoms with Gasteiger partial charge in [0.05, 0.1) is 5.52 Å². The first kappa shape index (κ1) is 22.6. The summed E-state index contributed by atoms with van der Waals surface area (Å²) in [5.41, 5.74) is 3.58. The van der Waals surface area contributed by atoms with E-state index in [1.54, 1.807) is 10.6 Å². The summed E-state index contributed by atoms with van der Waals surface area (Å²) in [7, 11) is 0. The van der Waals surface area contributed by atoms with E-state index in [4.69, 9.17) is 4.98 Å². The molecule has 0 N–H and O–H groups in total. The number of benzene rings is 2. The van der Waals surface area contributed by atoms with E-state index in [9.17, 15) is 9.59 Å². The van der Waals surface area contributed by atoms with Crippen LogP contribution in [0.1, 0.15) is 28.8 Å². The topological polar surface area (TPSA) is 55.2 Å². The van der Waals surface area contributed by atoms with Crippen molar-refractivity contribution in [1.82, 2.24) is 14.5 Å². The Morgan fingerprint density at radius 2 is 1.82 bits per heavy atom. The van der Waals surface area contributed by atoms with Crippen LogP contribution in [-0.2, 0) is 12.3 Å². The molecule has 1 saturated heterocycles. The smallest absolute Gasteiger partial charge is 0.272 e. The molecule has 0 atom stereocenters. The second-order valence-corrected chi connectivity index (χ2v) is 10.3. The summed E-state index contributed by atoms with van der Waals surface area (Å²) in [5.74, 6) is 0.762. The summed E-state index contributed by atoms with van der Waals surface area (Å²) in [6, 6.07) is 19.8. The van der Waals surface area contributed by atoms with Gasteiger partial charge < -0.3 is 4.90 Å². The molecule has 2 aromatic heterocycles. The number of likely N-dealkylation sites (tertiary alicyclic amines) is 1. The first-order chi connectivity index (χ1) is 16.6. The fourth-order valence-corrected chi connectivity index (χ4v) is 6.15. The van der Waals surface area contributed by atoms with E-state index in [2.05, 4.69) is 6.58 Å². The highest BCUT2D eigenvalue weighted by Gasteiger charge is 2.19. The van der Waals surface area contributed by atoms with Crippen molar-refractivity contribution in [3.8, 4) is 10.4 Å². The Morgan fingerprint density at radius 3 is 2.53 bits per heavy atom. The molecule has 0 aliphatic carbocycles. The Morgan fingerprint density at radius 1 is 1.09 bits per heavy atom. The first-order valence-corrected chi connectivity index (χ1v) is 13.2. The second kappa shape index (κ2) is 9.99. The van der Waals surface area contributed by atoms with Crippen molar-refractivity contribution in [1.29, 1.82) is 0 Å². The molecule has 172 valence electrons. The van der Waals surface area contributed by atoms with Gasteiger partial charge in [-0.15, -0.1) is 17.9 Å². The summed E-state index contributed by atoms with van der Waals surface area (Å²) in [6.45, 7) is 5.92. The highest BCUT2D eigenvalue weighted by molar-refractivity contribution is 7.98. The third-order valence-electron chi connectivity index (χ3n) is 5.93. The van der Waals surface area contributed by atoms with Gasteiger partial charge in [-0.3, -0.25) is 14.2 Å². The number of fused-ring (bicyclic) bond motifs is 1. The maximum Gasteiger partial charge on any atom is 0.272 e. The molecular weight excluding hydrogens is 462 g/mol. The van der Waals surface area contributed by atoms with Gasteiger partial charge in [-0.1, -0.05) is 60.3 Å². The summed E-state index contributed by atoms with van der Waals surface area (Å²) in [4.78, 5) is 33.6. The molecule has 3 heterocycles. The van der Waals surface area contributed by atoms with Crippen molar-refractivity contribution >= 4 is 39.2 Å². The molecule has 1 amide bonds. The van der Waals surface area contributed by atoms with E-state index in [-0.39, 0.29) is 11.5 Å². The Bertz CT molecular complexity index is 1390. The van der Waals surface area contributed by atoms with Crippen molar-refractivity contribution in [3.63, 3.8) is 0 Å². The number of amides is 1. The number of carbonyl (C=O) groups excluding carboxylic acids is 1. The molecule has 5 rings (SSSR count). The van der Waals surface area contributed by atoms with E-state index in [0.29, 0.717) is 22.2 Å². The predicted octanol–water partition coefficient (Wildman–Crippen LogP) is 5.84. The van der Waals surface area contributed by atoms with Gasteiger partial charge in [0.2, 0.25) is 0 Å². The van der Waals surface area contributed by atoms with Crippen LogP contribution < -0.4 is 5.56 Å². The first-order valence-electron chi connectivity index (χ1n) is 11.4. The number of nitrogens with zero attached hydrogens (tertiary/aromatic N) is 3. The molecule has 0 bridgehead atoms. The van der Waals surface area contributed by atoms with Gasteiger partial charge in [0.25, 0.3) is 11.5 Å². The maximum absolute atomic E-state index is 13.3. The molecule has 0 radical (unpaired) electrons. The average molecular weight is 488 g/mol. The Labute approximate surface area is 206 Å². The molecule has 2 aromatic carbocycles. The van der Waals surface area contributed by atoms with E-state index in [0.717, 1.165) is 53.0 Å². The van der Waals surface area contributed by atoms with Crippen LogP contribution >= 0.6 is 23.1 Å². The minimum absolute atomic E-state index is 0.0360.